The molecule has 0 aliphatic rings. The van der Waals surface area contributed by atoms with Crippen LogP contribution in [0.5, 0.6) is 17.2 Å². The lowest BCUT2D eigenvalue weighted by Gasteiger charge is -2.40. The number of aryl methyl sites for hydroxylation is 1. The molecule has 0 aliphatic carbocycles. The van der Waals surface area contributed by atoms with Gasteiger partial charge in [-0.3, -0.25) is 0 Å². The molecule has 0 aliphatic heterocycles. The molecule has 0 bridgehead atoms. The summed E-state index contributed by atoms with van der Waals surface area (Å²) in [6.07, 6.45) is 0. The van der Waals surface area contributed by atoms with Crippen LogP contribution in [0.25, 0.3) is 0 Å². The molecule has 0 spiro atoms. The van der Waals surface area contributed by atoms with Crippen LogP contribution in [0.3, 0.4) is 0 Å². The maximum absolute atomic E-state index is 6.46. The molecule has 1 aromatic rings. The van der Waals surface area contributed by atoms with Crippen molar-refractivity contribution in [1.82, 2.24) is 0 Å². The van der Waals surface area contributed by atoms with Gasteiger partial charge in [-0.15, -0.1) is 0 Å². The van der Waals surface area contributed by atoms with Crippen LogP contribution in [0, 0.1) is 6.92 Å². The highest BCUT2D eigenvalue weighted by Gasteiger charge is 2.38. The van der Waals surface area contributed by atoms with Crippen LogP contribution < -0.4 is 14.0 Å². The highest BCUT2D eigenvalue weighted by molar-refractivity contribution is 7.56. The first-order valence-electron chi connectivity index (χ1n) is 7.21. The monoisotopic (exact) mass is 312 g/mol. The minimum Gasteiger partial charge on any atom is -0.493 e. The lowest BCUT2D eigenvalue weighted by atomic mass is 10.2. The van der Waals surface area contributed by atoms with E-state index in [-0.39, 0.29) is 10.3 Å². The molecule has 0 amide bonds. The molecule has 0 unspecified atom stereocenters. The maximum Gasteiger partial charge on any atom is 0.206 e. The lowest BCUT2D eigenvalue weighted by Crippen LogP contribution is -2.27. The fourth-order valence-corrected chi connectivity index (χ4v) is 5.40. The van der Waals surface area contributed by atoms with Gasteiger partial charge in [0.25, 0.3) is 0 Å². The van der Waals surface area contributed by atoms with Crippen molar-refractivity contribution in [2.45, 2.75) is 58.8 Å². The molecule has 1 rings (SSSR count). The molecule has 0 radical (unpaired) electrons. The Morgan fingerprint density at radius 3 is 1.48 bits per heavy atom. The minimum absolute atomic E-state index is 0.0640. The first-order chi connectivity index (χ1) is 9.50. The second kappa shape index (κ2) is 6.44. The zero-order valence-electron chi connectivity index (χ0n) is 14.8. The van der Waals surface area contributed by atoms with E-state index in [9.17, 15) is 0 Å². The summed E-state index contributed by atoms with van der Waals surface area (Å²) < 4.78 is 17.5. The third kappa shape index (κ3) is 4.51. The van der Waals surface area contributed by atoms with E-state index in [1.807, 2.05) is 19.1 Å². The van der Waals surface area contributed by atoms with Crippen LogP contribution in [-0.4, -0.2) is 24.5 Å². The van der Waals surface area contributed by atoms with Gasteiger partial charge in [-0.25, -0.2) is 0 Å². The van der Waals surface area contributed by atoms with Crippen molar-refractivity contribution in [3.8, 4) is 17.2 Å². The molecule has 0 saturated heterocycles. The van der Waals surface area contributed by atoms with E-state index < -0.39 is 8.15 Å². The molecular formula is C17H29O3P. The van der Waals surface area contributed by atoms with Gasteiger partial charge in [0.2, 0.25) is 5.75 Å². The van der Waals surface area contributed by atoms with Crippen LogP contribution in [0.15, 0.2) is 12.1 Å². The number of rotatable bonds is 4. The molecule has 3 nitrogen and oxygen atoms in total. The Labute approximate surface area is 130 Å². The molecule has 1 aromatic carbocycles. The highest BCUT2D eigenvalue weighted by Crippen LogP contribution is 2.61. The first-order valence-corrected chi connectivity index (χ1v) is 8.47. The van der Waals surface area contributed by atoms with Crippen molar-refractivity contribution in [2.24, 2.45) is 0 Å². The van der Waals surface area contributed by atoms with Gasteiger partial charge in [-0.05, 0) is 24.6 Å². The molecule has 0 fully saturated rings. The fraction of sp³-hybridized carbons (Fsp3) is 0.647. The summed E-state index contributed by atoms with van der Waals surface area (Å²) in [6.45, 7) is 15.3. The van der Waals surface area contributed by atoms with Crippen LogP contribution >= 0.6 is 8.15 Å². The second-order valence-corrected chi connectivity index (χ2v) is 10.7. The van der Waals surface area contributed by atoms with Gasteiger partial charge >= 0.3 is 0 Å². The molecule has 120 valence electrons. The summed E-state index contributed by atoms with van der Waals surface area (Å²) in [7, 11) is 2.60. The topological polar surface area (TPSA) is 27.7 Å². The van der Waals surface area contributed by atoms with E-state index in [2.05, 4.69) is 41.5 Å². The third-order valence-corrected chi connectivity index (χ3v) is 5.81. The van der Waals surface area contributed by atoms with Gasteiger partial charge in [0, 0.05) is 10.3 Å². The predicted octanol–water partition coefficient (Wildman–Crippen LogP) is 5.38. The SMILES string of the molecule is COc1cc(C)cc(OC)c1OP(C(C)(C)C)C(C)(C)C. The van der Waals surface area contributed by atoms with Gasteiger partial charge in [-0.2, -0.15) is 0 Å². The summed E-state index contributed by atoms with van der Waals surface area (Å²) in [6, 6.07) is 3.97. The summed E-state index contributed by atoms with van der Waals surface area (Å²) in [5.41, 5.74) is 1.09. The van der Waals surface area contributed by atoms with E-state index in [1.165, 1.54) is 0 Å². The molecular weight excluding hydrogens is 283 g/mol. The quantitative estimate of drug-likeness (QED) is 0.698. The summed E-state index contributed by atoms with van der Waals surface area (Å²) >= 11 is 0. The van der Waals surface area contributed by atoms with E-state index in [0.29, 0.717) is 5.75 Å². The highest BCUT2D eigenvalue weighted by atomic mass is 31.1. The van der Waals surface area contributed by atoms with E-state index >= 15 is 0 Å². The minimum atomic E-state index is -0.733. The number of ether oxygens (including phenoxy) is 2. The predicted molar refractivity (Wildman–Crippen MR) is 91.3 cm³/mol. The van der Waals surface area contributed by atoms with E-state index in [1.54, 1.807) is 14.2 Å². The van der Waals surface area contributed by atoms with E-state index in [0.717, 1.165) is 17.1 Å². The Balaban J connectivity index is 3.33. The van der Waals surface area contributed by atoms with Crippen LogP contribution in [0.1, 0.15) is 47.1 Å². The van der Waals surface area contributed by atoms with Crippen molar-refractivity contribution >= 4 is 8.15 Å². The number of methoxy groups -OCH3 is 2. The van der Waals surface area contributed by atoms with Gasteiger partial charge in [0.15, 0.2) is 11.5 Å². The Kier molecular flexibility index (Phi) is 5.55. The van der Waals surface area contributed by atoms with Crippen molar-refractivity contribution < 1.29 is 14.0 Å². The Hall–Kier alpha value is -0.950. The molecule has 0 N–H and O–H groups in total. The van der Waals surface area contributed by atoms with Crippen molar-refractivity contribution in [3.05, 3.63) is 17.7 Å². The summed E-state index contributed by atoms with van der Waals surface area (Å²) in [5.74, 6) is 2.17. The normalized spacial score (nSPS) is 12.5. The van der Waals surface area contributed by atoms with Crippen molar-refractivity contribution in [2.75, 3.05) is 14.2 Å². The van der Waals surface area contributed by atoms with Crippen LogP contribution in [0.2, 0.25) is 0 Å². The maximum atomic E-state index is 6.46. The fourth-order valence-electron chi connectivity index (χ4n) is 2.47. The van der Waals surface area contributed by atoms with Gasteiger partial charge in [0.1, 0.15) is 0 Å². The average Bonchev–Trinajstić information content (AvgIpc) is 2.32. The van der Waals surface area contributed by atoms with Crippen molar-refractivity contribution in [3.63, 3.8) is 0 Å². The van der Waals surface area contributed by atoms with E-state index in [4.69, 9.17) is 14.0 Å². The van der Waals surface area contributed by atoms with Crippen LogP contribution in [0.4, 0.5) is 0 Å². The lowest BCUT2D eigenvalue weighted by molar-refractivity contribution is 0.363. The van der Waals surface area contributed by atoms with Gasteiger partial charge in [-0.1, -0.05) is 41.5 Å². The van der Waals surface area contributed by atoms with Crippen LogP contribution in [-0.2, 0) is 0 Å². The number of benzene rings is 1. The Bertz CT molecular complexity index is 445. The third-order valence-electron chi connectivity index (χ3n) is 3.01. The summed E-state index contributed by atoms with van der Waals surface area (Å²) in [5, 5.41) is 0.128. The van der Waals surface area contributed by atoms with Crippen molar-refractivity contribution in [1.29, 1.82) is 0 Å². The Morgan fingerprint density at radius 1 is 0.810 bits per heavy atom. The largest absolute Gasteiger partial charge is 0.493 e. The Morgan fingerprint density at radius 2 is 1.19 bits per heavy atom. The molecule has 0 saturated carbocycles. The number of hydrogen-bond acceptors (Lipinski definition) is 3. The molecule has 0 aromatic heterocycles. The first kappa shape index (κ1) is 18.1. The molecule has 0 heterocycles. The van der Waals surface area contributed by atoms with Gasteiger partial charge < -0.3 is 14.0 Å². The standard InChI is InChI=1S/C17H29O3P/c1-12-10-13(18-8)15(14(11-12)19-9)20-21(16(2,3)4)17(5,6)7/h10-11H,1-9H3. The molecule has 0 atom stereocenters. The zero-order chi connectivity index (χ0) is 16.4. The summed E-state index contributed by atoms with van der Waals surface area (Å²) in [4.78, 5) is 0. The molecule has 21 heavy (non-hydrogen) atoms. The zero-order valence-corrected chi connectivity index (χ0v) is 15.7. The van der Waals surface area contributed by atoms with Gasteiger partial charge in [0.05, 0.1) is 22.4 Å². The average molecular weight is 312 g/mol. The second-order valence-electron chi connectivity index (χ2n) is 7.23. The molecule has 4 heteroatoms. The number of hydrogen-bond donors (Lipinski definition) is 0. The smallest absolute Gasteiger partial charge is 0.206 e.